The number of likely N-dealkylation sites (tertiary alicyclic amines) is 1. The Labute approximate surface area is 217 Å². The molecule has 190 valence electrons. The van der Waals surface area contributed by atoms with Crippen molar-refractivity contribution in [2.75, 3.05) is 26.7 Å². The van der Waals surface area contributed by atoms with Gasteiger partial charge in [-0.15, -0.1) is 0 Å². The summed E-state index contributed by atoms with van der Waals surface area (Å²) in [4.78, 5) is 37.6. The van der Waals surface area contributed by atoms with Crippen LogP contribution in [0.5, 0.6) is 0 Å². The zero-order valence-corrected chi connectivity index (χ0v) is 21.6. The fourth-order valence-corrected chi connectivity index (χ4v) is 5.51. The minimum Gasteiger partial charge on any atom is -0.341 e. The molecular formula is C29H32N6O2. The number of nitriles is 1. The monoisotopic (exact) mass is 496 g/mol. The average molecular weight is 497 g/mol. The van der Waals surface area contributed by atoms with Gasteiger partial charge in [-0.3, -0.25) is 4.79 Å². The van der Waals surface area contributed by atoms with Gasteiger partial charge in [0.2, 0.25) is 0 Å². The van der Waals surface area contributed by atoms with Crippen molar-refractivity contribution in [3.63, 3.8) is 0 Å². The van der Waals surface area contributed by atoms with Crippen LogP contribution in [-0.2, 0) is 13.0 Å². The highest BCUT2D eigenvalue weighted by molar-refractivity contribution is 5.97. The highest BCUT2D eigenvalue weighted by Crippen LogP contribution is 2.31. The van der Waals surface area contributed by atoms with Crippen LogP contribution < -0.4 is 5.32 Å². The molecule has 8 heteroatoms. The van der Waals surface area contributed by atoms with Crippen molar-refractivity contribution >= 4 is 11.9 Å². The molecule has 0 bridgehead atoms. The van der Waals surface area contributed by atoms with Gasteiger partial charge in [-0.2, -0.15) is 5.26 Å². The van der Waals surface area contributed by atoms with Crippen molar-refractivity contribution in [3.05, 3.63) is 75.6 Å². The van der Waals surface area contributed by atoms with Crippen molar-refractivity contribution in [1.82, 2.24) is 25.1 Å². The largest absolute Gasteiger partial charge is 0.341 e. The van der Waals surface area contributed by atoms with E-state index < -0.39 is 0 Å². The van der Waals surface area contributed by atoms with Gasteiger partial charge < -0.3 is 20.1 Å². The van der Waals surface area contributed by atoms with Gasteiger partial charge in [-0.05, 0) is 67.5 Å². The van der Waals surface area contributed by atoms with Crippen LogP contribution in [0.3, 0.4) is 0 Å². The minimum absolute atomic E-state index is 0.0548. The van der Waals surface area contributed by atoms with Crippen molar-refractivity contribution in [2.24, 2.45) is 0 Å². The summed E-state index contributed by atoms with van der Waals surface area (Å²) in [5.41, 5.74) is 7.47. The van der Waals surface area contributed by atoms with Gasteiger partial charge in [0.05, 0.1) is 29.6 Å². The first-order valence-corrected chi connectivity index (χ1v) is 12.8. The van der Waals surface area contributed by atoms with Gasteiger partial charge in [0.1, 0.15) is 5.82 Å². The van der Waals surface area contributed by atoms with Crippen molar-refractivity contribution < 1.29 is 9.59 Å². The molecule has 0 spiro atoms. The SMILES string of the molecule is CNC(=O)N1CCc2nc(-c3cc(C(=O)N4CCC(c5ccc(C#N)cc5)CC4)c(C)cc3C)[nH]c2C1. The number of aryl methyl sites for hydroxylation is 2. The highest BCUT2D eigenvalue weighted by atomic mass is 16.2. The Hall–Kier alpha value is -4.12. The number of rotatable bonds is 3. The summed E-state index contributed by atoms with van der Waals surface area (Å²) in [6.07, 6.45) is 2.51. The first-order valence-electron chi connectivity index (χ1n) is 12.8. The zero-order valence-electron chi connectivity index (χ0n) is 21.6. The second-order valence-electron chi connectivity index (χ2n) is 10.0. The summed E-state index contributed by atoms with van der Waals surface area (Å²) in [5, 5.41) is 11.7. The topological polar surface area (TPSA) is 105 Å². The number of carbonyl (C=O) groups is 2. The van der Waals surface area contributed by atoms with Gasteiger partial charge in [-0.1, -0.05) is 18.2 Å². The number of aromatic amines is 1. The second-order valence-corrected chi connectivity index (χ2v) is 10.0. The summed E-state index contributed by atoms with van der Waals surface area (Å²) in [6, 6.07) is 13.9. The van der Waals surface area contributed by atoms with Crippen molar-refractivity contribution in [2.45, 2.75) is 45.6 Å². The number of nitrogens with one attached hydrogen (secondary N) is 2. The molecule has 0 atom stereocenters. The molecule has 2 aliphatic heterocycles. The molecule has 1 aromatic heterocycles. The van der Waals surface area contributed by atoms with Crippen LogP contribution in [0.4, 0.5) is 4.79 Å². The number of H-pyrrole nitrogens is 1. The van der Waals surface area contributed by atoms with Crippen LogP contribution in [-0.4, -0.2) is 58.4 Å². The molecule has 0 unspecified atom stereocenters. The number of urea groups is 1. The Morgan fingerprint density at radius 1 is 1.05 bits per heavy atom. The van der Waals surface area contributed by atoms with E-state index in [0.29, 0.717) is 49.6 Å². The van der Waals surface area contributed by atoms with Gasteiger partial charge in [0, 0.05) is 44.2 Å². The summed E-state index contributed by atoms with van der Waals surface area (Å²) < 4.78 is 0. The van der Waals surface area contributed by atoms with Crippen molar-refractivity contribution in [1.29, 1.82) is 5.26 Å². The van der Waals surface area contributed by atoms with Gasteiger partial charge in [0.15, 0.2) is 0 Å². The number of piperidine rings is 1. The summed E-state index contributed by atoms with van der Waals surface area (Å²) in [6.45, 7) is 6.56. The molecule has 0 saturated carbocycles. The molecule has 0 radical (unpaired) electrons. The van der Waals surface area contributed by atoms with Crippen LogP contribution in [0, 0.1) is 25.2 Å². The van der Waals surface area contributed by atoms with Crippen LogP contribution >= 0.6 is 0 Å². The molecule has 37 heavy (non-hydrogen) atoms. The Morgan fingerprint density at radius 3 is 2.46 bits per heavy atom. The summed E-state index contributed by atoms with van der Waals surface area (Å²) in [5.74, 6) is 1.20. The first kappa shape index (κ1) is 24.6. The first-order chi connectivity index (χ1) is 17.9. The minimum atomic E-state index is -0.0934. The Kier molecular flexibility index (Phi) is 6.70. The van der Waals surface area contributed by atoms with Gasteiger partial charge in [0.25, 0.3) is 5.91 Å². The number of aromatic nitrogens is 2. The molecule has 2 aromatic carbocycles. The number of nitrogens with zero attached hydrogens (tertiary/aromatic N) is 4. The van der Waals surface area contributed by atoms with E-state index in [9.17, 15) is 9.59 Å². The third-order valence-electron chi connectivity index (χ3n) is 7.68. The van der Waals surface area contributed by atoms with E-state index >= 15 is 0 Å². The lowest BCUT2D eigenvalue weighted by Crippen LogP contribution is -2.41. The maximum Gasteiger partial charge on any atom is 0.317 e. The van der Waals surface area contributed by atoms with Gasteiger partial charge in [-0.25, -0.2) is 9.78 Å². The maximum atomic E-state index is 13.6. The van der Waals surface area contributed by atoms with Crippen LogP contribution in [0.2, 0.25) is 0 Å². The number of amides is 3. The molecule has 3 heterocycles. The lowest BCUT2D eigenvalue weighted by molar-refractivity contribution is 0.0712. The third kappa shape index (κ3) is 4.82. The molecule has 2 N–H and O–H groups in total. The second kappa shape index (κ2) is 10.1. The Balaban J connectivity index is 1.33. The van der Waals surface area contributed by atoms with E-state index in [-0.39, 0.29) is 11.9 Å². The third-order valence-corrected chi connectivity index (χ3v) is 7.68. The number of carbonyl (C=O) groups excluding carboxylic acids is 2. The van der Waals surface area contributed by atoms with Crippen molar-refractivity contribution in [3.8, 4) is 17.5 Å². The Morgan fingerprint density at radius 2 is 1.78 bits per heavy atom. The van der Waals surface area contributed by atoms with Crippen LogP contribution in [0.25, 0.3) is 11.4 Å². The van der Waals surface area contributed by atoms with Gasteiger partial charge >= 0.3 is 6.03 Å². The molecule has 5 rings (SSSR count). The number of hydrogen-bond donors (Lipinski definition) is 2. The highest BCUT2D eigenvalue weighted by Gasteiger charge is 2.27. The number of benzene rings is 2. The fraction of sp³-hybridized carbons (Fsp3) is 0.379. The zero-order chi connectivity index (χ0) is 26.1. The quantitative estimate of drug-likeness (QED) is 0.565. The molecule has 1 saturated heterocycles. The molecular weight excluding hydrogens is 464 g/mol. The van der Waals surface area contributed by atoms with Crippen LogP contribution in [0.15, 0.2) is 36.4 Å². The number of fused-ring (bicyclic) bond motifs is 1. The van der Waals surface area contributed by atoms with E-state index in [2.05, 4.69) is 22.4 Å². The molecule has 3 aromatic rings. The number of hydrogen-bond acceptors (Lipinski definition) is 4. The molecule has 1 fully saturated rings. The normalized spacial score (nSPS) is 15.7. The smallest absolute Gasteiger partial charge is 0.317 e. The standard InChI is InChI=1S/C29H32N6O2/c1-18-14-19(2)24(15-23(18)27-32-25-10-13-35(29(37)31-3)17-26(25)33-27)28(36)34-11-8-22(9-12-34)21-6-4-20(16-30)5-7-21/h4-7,14-15,22H,8-13,17H2,1-3H3,(H,31,37)(H,32,33). The molecule has 2 aliphatic rings. The maximum absolute atomic E-state index is 13.6. The van der Waals surface area contributed by atoms with Crippen LogP contribution in [0.1, 0.15) is 62.8 Å². The van der Waals surface area contributed by atoms with E-state index in [1.54, 1.807) is 11.9 Å². The Bertz CT molecular complexity index is 1380. The predicted molar refractivity (Wildman–Crippen MR) is 141 cm³/mol. The fourth-order valence-electron chi connectivity index (χ4n) is 5.51. The molecule has 8 nitrogen and oxygen atoms in total. The summed E-state index contributed by atoms with van der Waals surface area (Å²) >= 11 is 0. The van der Waals surface area contributed by atoms with E-state index in [4.69, 9.17) is 10.2 Å². The average Bonchev–Trinajstić information content (AvgIpc) is 3.35. The van der Waals surface area contributed by atoms with E-state index in [0.717, 1.165) is 46.7 Å². The summed E-state index contributed by atoms with van der Waals surface area (Å²) in [7, 11) is 1.64. The molecule has 0 aliphatic carbocycles. The lowest BCUT2D eigenvalue weighted by atomic mass is 9.88. The van der Waals surface area contributed by atoms with E-state index in [1.807, 2.05) is 49.1 Å². The van der Waals surface area contributed by atoms with E-state index in [1.165, 1.54) is 5.56 Å². The molecule has 3 amide bonds. The lowest BCUT2D eigenvalue weighted by Gasteiger charge is -2.32. The number of imidazole rings is 1. The predicted octanol–water partition coefficient (Wildman–Crippen LogP) is 4.28.